The second kappa shape index (κ2) is 8.36. The van der Waals surface area contributed by atoms with Gasteiger partial charge in [0.1, 0.15) is 11.6 Å². The molecule has 3 rings (SSSR count). The molecule has 0 bridgehead atoms. The van der Waals surface area contributed by atoms with Gasteiger partial charge in [-0.3, -0.25) is 4.79 Å². The molecule has 1 N–H and O–H groups in total. The van der Waals surface area contributed by atoms with Crippen molar-refractivity contribution in [3.05, 3.63) is 64.7 Å². The molecule has 1 amide bonds. The molecule has 4 nitrogen and oxygen atoms in total. The molecule has 1 atom stereocenters. The van der Waals surface area contributed by atoms with E-state index in [0.717, 1.165) is 23.2 Å². The molecule has 156 valence electrons. The monoisotopic (exact) mass is 401 g/mol. The number of nitrogens with one attached hydrogen (secondary N) is 1. The molecule has 30 heavy (non-hydrogen) atoms. The molecule has 0 saturated carbocycles. The maximum absolute atomic E-state index is 12.7. The van der Waals surface area contributed by atoms with Gasteiger partial charge in [0.15, 0.2) is 0 Å². The van der Waals surface area contributed by atoms with Gasteiger partial charge in [0.05, 0.1) is 0 Å². The van der Waals surface area contributed by atoms with Gasteiger partial charge in [0, 0.05) is 23.0 Å². The van der Waals surface area contributed by atoms with Crippen molar-refractivity contribution in [2.24, 2.45) is 0 Å². The number of fused-ring (bicyclic) bond motifs is 1. The highest BCUT2D eigenvalue weighted by atomic mass is 16.1. The number of carbonyl (C=O) groups excluding carboxylic acids is 1. The van der Waals surface area contributed by atoms with E-state index in [1.54, 1.807) is 6.08 Å². The number of anilines is 2. The van der Waals surface area contributed by atoms with E-state index in [4.69, 9.17) is 0 Å². The number of nitriles is 1. The molecule has 1 heterocycles. The Bertz CT molecular complexity index is 1030. The Morgan fingerprint density at radius 1 is 1.27 bits per heavy atom. The Morgan fingerprint density at radius 3 is 2.60 bits per heavy atom. The van der Waals surface area contributed by atoms with E-state index in [9.17, 15) is 10.1 Å². The summed E-state index contributed by atoms with van der Waals surface area (Å²) in [7, 11) is 0. The summed E-state index contributed by atoms with van der Waals surface area (Å²) in [5.41, 5.74) is 5.26. The molecule has 0 aromatic heterocycles. The van der Waals surface area contributed by atoms with Crippen molar-refractivity contribution in [2.45, 2.75) is 65.5 Å². The quantitative estimate of drug-likeness (QED) is 0.502. The lowest BCUT2D eigenvalue weighted by Gasteiger charge is -2.50. The molecule has 1 aliphatic rings. The van der Waals surface area contributed by atoms with Gasteiger partial charge in [-0.05, 0) is 87.9 Å². The number of benzene rings is 2. The number of hydrogen-bond acceptors (Lipinski definition) is 3. The van der Waals surface area contributed by atoms with Gasteiger partial charge in [-0.15, -0.1) is 0 Å². The number of para-hydroxylation sites is 1. The molecule has 0 aliphatic carbocycles. The Balaban J connectivity index is 1.94. The van der Waals surface area contributed by atoms with E-state index >= 15 is 0 Å². The fourth-order valence-corrected chi connectivity index (χ4v) is 4.76. The van der Waals surface area contributed by atoms with Crippen molar-refractivity contribution in [3.63, 3.8) is 0 Å². The molecule has 1 aliphatic heterocycles. The third-order valence-corrected chi connectivity index (χ3v) is 5.89. The molecule has 2 aromatic rings. The third-order valence-electron chi connectivity index (χ3n) is 5.89. The van der Waals surface area contributed by atoms with Crippen LogP contribution in [0.2, 0.25) is 0 Å². The number of nitrogens with zero attached hydrogens (tertiary/aromatic N) is 2. The van der Waals surface area contributed by atoms with Crippen molar-refractivity contribution < 1.29 is 4.79 Å². The summed E-state index contributed by atoms with van der Waals surface area (Å²) < 4.78 is 0. The van der Waals surface area contributed by atoms with Crippen LogP contribution in [0, 0.1) is 18.3 Å². The Hall–Kier alpha value is -3.06. The van der Waals surface area contributed by atoms with Crippen molar-refractivity contribution in [3.8, 4) is 6.07 Å². The minimum Gasteiger partial charge on any atom is -0.364 e. The third kappa shape index (κ3) is 4.26. The van der Waals surface area contributed by atoms with Crippen LogP contribution in [-0.4, -0.2) is 17.5 Å². The minimum atomic E-state index is -0.387. The van der Waals surface area contributed by atoms with E-state index < -0.39 is 0 Å². The fraction of sp³-hybridized carbons (Fsp3) is 0.385. The number of hydrogen-bond donors (Lipinski definition) is 1. The van der Waals surface area contributed by atoms with Crippen LogP contribution in [0.15, 0.2) is 48.0 Å². The van der Waals surface area contributed by atoms with Crippen LogP contribution in [0.5, 0.6) is 0 Å². The van der Waals surface area contributed by atoms with Crippen LogP contribution in [0.4, 0.5) is 11.4 Å². The summed E-state index contributed by atoms with van der Waals surface area (Å²) in [5, 5.41) is 12.4. The van der Waals surface area contributed by atoms with E-state index in [0.29, 0.717) is 12.0 Å². The van der Waals surface area contributed by atoms with Gasteiger partial charge in [-0.25, -0.2) is 0 Å². The van der Waals surface area contributed by atoms with Crippen molar-refractivity contribution in [1.29, 1.82) is 5.26 Å². The highest BCUT2D eigenvalue weighted by Gasteiger charge is 2.37. The van der Waals surface area contributed by atoms with Crippen LogP contribution < -0.4 is 10.2 Å². The van der Waals surface area contributed by atoms with E-state index in [1.807, 2.05) is 37.3 Å². The molecule has 0 saturated heterocycles. The first-order chi connectivity index (χ1) is 14.1. The van der Waals surface area contributed by atoms with E-state index in [2.05, 4.69) is 63.0 Å². The van der Waals surface area contributed by atoms with Crippen molar-refractivity contribution in [2.75, 3.05) is 10.2 Å². The molecular formula is C26H31N3O. The molecular weight excluding hydrogens is 370 g/mol. The smallest absolute Gasteiger partial charge is 0.266 e. The summed E-state index contributed by atoms with van der Waals surface area (Å²) in [5.74, 6) is 0.0205. The predicted octanol–water partition coefficient (Wildman–Crippen LogP) is 6.04. The maximum atomic E-state index is 12.7. The molecule has 0 radical (unpaired) electrons. The lowest BCUT2D eigenvalue weighted by Crippen LogP contribution is -2.51. The number of carbonyl (C=O) groups is 1. The Kier molecular flexibility index (Phi) is 6.03. The predicted molar refractivity (Wildman–Crippen MR) is 125 cm³/mol. The van der Waals surface area contributed by atoms with Gasteiger partial charge in [0.25, 0.3) is 5.91 Å². The zero-order valence-corrected chi connectivity index (χ0v) is 18.8. The largest absolute Gasteiger partial charge is 0.364 e. The van der Waals surface area contributed by atoms with Gasteiger partial charge < -0.3 is 10.2 Å². The highest BCUT2D eigenvalue weighted by Crippen LogP contribution is 2.44. The van der Waals surface area contributed by atoms with Gasteiger partial charge >= 0.3 is 0 Å². The maximum Gasteiger partial charge on any atom is 0.266 e. The highest BCUT2D eigenvalue weighted by molar-refractivity contribution is 6.10. The molecule has 0 spiro atoms. The van der Waals surface area contributed by atoms with Gasteiger partial charge in [-0.1, -0.05) is 31.2 Å². The zero-order chi connectivity index (χ0) is 22.1. The average molecular weight is 402 g/mol. The first kappa shape index (κ1) is 21.6. The van der Waals surface area contributed by atoms with E-state index in [-0.39, 0.29) is 17.0 Å². The first-order valence-electron chi connectivity index (χ1n) is 10.6. The first-order valence-corrected chi connectivity index (χ1v) is 10.6. The molecule has 4 heteroatoms. The Labute approximate surface area is 180 Å². The molecule has 0 unspecified atom stereocenters. The van der Waals surface area contributed by atoms with Crippen LogP contribution in [0.25, 0.3) is 6.08 Å². The summed E-state index contributed by atoms with van der Waals surface area (Å²) in [6.07, 6.45) is 2.74. The fourth-order valence-electron chi connectivity index (χ4n) is 4.76. The minimum absolute atomic E-state index is 0.0865. The van der Waals surface area contributed by atoms with E-state index in [1.165, 1.54) is 11.3 Å². The van der Waals surface area contributed by atoms with Crippen molar-refractivity contribution >= 4 is 23.4 Å². The summed E-state index contributed by atoms with van der Waals surface area (Å²) in [6.45, 7) is 13.2. The van der Waals surface area contributed by atoms with Crippen LogP contribution in [0.1, 0.15) is 63.6 Å². The van der Waals surface area contributed by atoms with Crippen LogP contribution in [0.3, 0.4) is 0 Å². The summed E-state index contributed by atoms with van der Waals surface area (Å²) in [6, 6.07) is 16.3. The number of rotatable bonds is 4. The SMILES string of the molecule is Cc1ccccc1NC(=O)/C(C#N)=C\c1ccc2c(c1)[C@@H](C)CC(C)(C)N2C(C)C. The second-order valence-electron chi connectivity index (χ2n) is 9.14. The lowest BCUT2D eigenvalue weighted by atomic mass is 9.79. The van der Waals surface area contributed by atoms with Gasteiger partial charge in [-0.2, -0.15) is 5.26 Å². The Morgan fingerprint density at radius 2 is 1.97 bits per heavy atom. The molecule has 2 aromatic carbocycles. The number of amides is 1. The van der Waals surface area contributed by atoms with Gasteiger partial charge in [0.2, 0.25) is 0 Å². The zero-order valence-electron chi connectivity index (χ0n) is 18.8. The van der Waals surface area contributed by atoms with Crippen LogP contribution >= 0.6 is 0 Å². The van der Waals surface area contributed by atoms with Crippen molar-refractivity contribution in [1.82, 2.24) is 0 Å². The second-order valence-corrected chi connectivity index (χ2v) is 9.14. The van der Waals surface area contributed by atoms with Crippen LogP contribution in [-0.2, 0) is 4.79 Å². The summed E-state index contributed by atoms with van der Waals surface area (Å²) in [4.78, 5) is 15.1. The molecule has 0 fully saturated rings. The topological polar surface area (TPSA) is 56.1 Å². The lowest BCUT2D eigenvalue weighted by molar-refractivity contribution is -0.112. The standard InChI is InChI=1S/C26H31N3O/c1-17(2)29-24-12-11-20(14-22(24)19(4)15-26(29,5)6)13-21(16-27)25(30)28-23-10-8-7-9-18(23)3/h7-14,17,19H,15H2,1-6H3,(H,28,30)/b21-13-/t19-/m0/s1. The normalized spacial score (nSPS) is 18.0. The number of aryl methyl sites for hydroxylation is 1. The average Bonchev–Trinajstić information content (AvgIpc) is 2.67. The summed E-state index contributed by atoms with van der Waals surface area (Å²) >= 11 is 0.